The summed E-state index contributed by atoms with van der Waals surface area (Å²) in [7, 11) is -2.30. The fourth-order valence-electron chi connectivity index (χ4n) is 1.67. The van der Waals surface area contributed by atoms with E-state index in [1.54, 1.807) is 4.90 Å². The number of hydrogen-bond donors (Lipinski definition) is 1. The van der Waals surface area contributed by atoms with Crippen molar-refractivity contribution in [2.45, 2.75) is 6.43 Å². The fourth-order valence-corrected chi connectivity index (χ4v) is 1.67. The molecule has 1 heterocycles. The van der Waals surface area contributed by atoms with Crippen LogP contribution in [0, 0.1) is 0 Å². The van der Waals surface area contributed by atoms with Gasteiger partial charge in [0.25, 0.3) is 6.43 Å². The molecular weight excluding hydrogens is 199 g/mol. The summed E-state index contributed by atoms with van der Waals surface area (Å²) in [6, 6.07) is 0. The van der Waals surface area contributed by atoms with Crippen LogP contribution in [0.4, 0.5) is 17.4 Å². The molecule has 1 aliphatic heterocycles. The number of hydrogen-bond acceptors (Lipinski definition) is 1. The maximum Gasteiger partial charge on any atom is 0.592 e. The van der Waals surface area contributed by atoms with Gasteiger partial charge in [0.05, 0.1) is 19.6 Å². The lowest BCUT2D eigenvalue weighted by Crippen LogP contribution is -3.15. The lowest BCUT2D eigenvalue weighted by Gasteiger charge is -2.31. The van der Waals surface area contributed by atoms with Crippen LogP contribution in [-0.2, 0) is 0 Å². The zero-order chi connectivity index (χ0) is 10.6. The summed E-state index contributed by atoms with van der Waals surface area (Å²) >= 11 is 0. The topological polar surface area (TPSA) is 7.68 Å². The van der Waals surface area contributed by atoms with Crippen molar-refractivity contribution in [2.24, 2.45) is 0 Å². The number of rotatable bonds is 4. The highest BCUT2D eigenvalue weighted by atomic mass is 19.3. The highest BCUT2D eigenvalue weighted by molar-refractivity contribution is 6.42. The predicted octanol–water partition coefficient (Wildman–Crippen LogP) is -0.582. The molecule has 0 atom stereocenters. The molecule has 0 spiro atoms. The summed E-state index contributed by atoms with van der Waals surface area (Å²) in [5.74, 6) is 0. The van der Waals surface area contributed by atoms with Gasteiger partial charge in [-0.25, -0.2) is 8.78 Å². The second kappa shape index (κ2) is 5.55. The minimum Gasteiger partial charge on any atom is -0.334 e. The molecule has 0 aromatic rings. The van der Waals surface area contributed by atoms with Gasteiger partial charge in [0.2, 0.25) is 0 Å². The van der Waals surface area contributed by atoms with Crippen molar-refractivity contribution >= 4 is 7.27 Å². The highest BCUT2D eigenvalue weighted by Crippen LogP contribution is 1.98. The number of halogens is 4. The average molecular weight is 213 g/mol. The normalized spacial score (nSPS) is 20.4. The van der Waals surface area contributed by atoms with Gasteiger partial charge in [-0.3, -0.25) is 13.5 Å². The molecule has 1 rings (SSSR count). The van der Waals surface area contributed by atoms with E-state index in [4.69, 9.17) is 0 Å². The second-order valence-electron chi connectivity index (χ2n) is 3.54. The Morgan fingerprint density at radius 3 is 2.21 bits per heavy atom. The molecule has 1 aliphatic rings. The third-order valence-corrected chi connectivity index (χ3v) is 2.40. The molecule has 0 saturated carbocycles. The van der Waals surface area contributed by atoms with Crippen molar-refractivity contribution in [1.82, 2.24) is 4.90 Å². The summed E-state index contributed by atoms with van der Waals surface area (Å²) in [5.41, 5.74) is 0. The van der Waals surface area contributed by atoms with Gasteiger partial charge >= 0.3 is 7.27 Å². The van der Waals surface area contributed by atoms with Gasteiger partial charge in [0, 0.05) is 13.1 Å². The first-order valence-electron chi connectivity index (χ1n) is 4.70. The van der Waals surface area contributed by atoms with E-state index < -0.39 is 13.7 Å². The Hall–Kier alpha value is -0.295. The van der Waals surface area contributed by atoms with Crippen molar-refractivity contribution in [3.63, 3.8) is 0 Å². The Kier molecular flexibility index (Phi) is 4.67. The molecule has 0 amide bonds. The van der Waals surface area contributed by atoms with Crippen molar-refractivity contribution < 1.29 is 22.3 Å². The van der Waals surface area contributed by atoms with Crippen molar-refractivity contribution in [2.75, 3.05) is 39.2 Å². The van der Waals surface area contributed by atoms with Crippen LogP contribution in [-0.4, -0.2) is 57.8 Å². The summed E-state index contributed by atoms with van der Waals surface area (Å²) < 4.78 is 47.9. The third kappa shape index (κ3) is 4.28. The standard InChI is InChI=1S/C7H13BF4N2/c9-7(10)5-13-1-3-14(4-2-13)6-8(11)12/h7H,1-6H2/p+1. The van der Waals surface area contributed by atoms with Gasteiger partial charge in [-0.05, 0) is 0 Å². The molecule has 0 bridgehead atoms. The molecule has 0 aliphatic carbocycles. The van der Waals surface area contributed by atoms with Gasteiger partial charge in [-0.2, -0.15) is 0 Å². The van der Waals surface area contributed by atoms with Crippen LogP contribution in [0.1, 0.15) is 0 Å². The van der Waals surface area contributed by atoms with E-state index in [1.165, 1.54) is 0 Å². The van der Waals surface area contributed by atoms with Crippen LogP contribution < -0.4 is 4.90 Å². The Morgan fingerprint density at radius 1 is 1.21 bits per heavy atom. The van der Waals surface area contributed by atoms with E-state index in [-0.39, 0.29) is 13.0 Å². The summed E-state index contributed by atoms with van der Waals surface area (Å²) in [6.07, 6.45) is -2.49. The van der Waals surface area contributed by atoms with E-state index >= 15 is 0 Å². The monoisotopic (exact) mass is 213 g/mol. The summed E-state index contributed by atoms with van der Waals surface area (Å²) in [5, 5.41) is 0. The van der Waals surface area contributed by atoms with Crippen molar-refractivity contribution in [1.29, 1.82) is 0 Å². The minimum absolute atomic E-state index is 0.164. The smallest absolute Gasteiger partial charge is 0.334 e. The Balaban J connectivity index is 2.17. The largest absolute Gasteiger partial charge is 0.592 e. The maximum atomic E-state index is 12.0. The number of nitrogens with zero attached hydrogens (tertiary/aromatic N) is 1. The molecule has 2 nitrogen and oxygen atoms in total. The van der Waals surface area contributed by atoms with E-state index in [9.17, 15) is 17.4 Å². The lowest BCUT2D eigenvalue weighted by atomic mass is 9.98. The van der Waals surface area contributed by atoms with E-state index in [2.05, 4.69) is 0 Å². The van der Waals surface area contributed by atoms with Crippen LogP contribution >= 0.6 is 0 Å². The molecule has 7 heteroatoms. The first kappa shape index (κ1) is 11.8. The Labute approximate surface area is 81.0 Å². The van der Waals surface area contributed by atoms with E-state index in [0.29, 0.717) is 26.2 Å². The average Bonchev–Trinajstić information content (AvgIpc) is 2.06. The van der Waals surface area contributed by atoms with Crippen molar-refractivity contribution in [3.05, 3.63) is 0 Å². The molecule has 1 saturated heterocycles. The zero-order valence-electron chi connectivity index (χ0n) is 7.86. The number of piperazine rings is 1. The molecule has 0 aromatic carbocycles. The quantitative estimate of drug-likeness (QED) is 0.484. The maximum absolute atomic E-state index is 12.0. The Morgan fingerprint density at radius 2 is 1.79 bits per heavy atom. The molecule has 0 radical (unpaired) electrons. The van der Waals surface area contributed by atoms with Crippen LogP contribution in [0.2, 0.25) is 0 Å². The number of alkyl halides is 2. The van der Waals surface area contributed by atoms with Crippen molar-refractivity contribution in [3.8, 4) is 0 Å². The van der Waals surface area contributed by atoms with E-state index in [0.717, 1.165) is 4.90 Å². The van der Waals surface area contributed by atoms with Gasteiger partial charge in [-0.15, -0.1) is 0 Å². The van der Waals surface area contributed by atoms with Gasteiger partial charge < -0.3 is 4.90 Å². The molecule has 0 aromatic heterocycles. The SMILES string of the molecule is FB(F)C[NH+]1CCN(CC(F)F)CC1. The summed E-state index contributed by atoms with van der Waals surface area (Å²) in [6.45, 7) is 1.83. The second-order valence-corrected chi connectivity index (χ2v) is 3.54. The lowest BCUT2D eigenvalue weighted by molar-refractivity contribution is -0.895. The molecule has 1 fully saturated rings. The first-order valence-corrected chi connectivity index (χ1v) is 4.70. The molecule has 0 unspecified atom stereocenters. The predicted molar refractivity (Wildman–Crippen MR) is 46.0 cm³/mol. The number of quaternary nitrogens is 1. The minimum atomic E-state index is -2.33. The Bertz CT molecular complexity index is 144. The first-order chi connectivity index (χ1) is 6.58. The van der Waals surface area contributed by atoms with Gasteiger partial charge in [0.15, 0.2) is 0 Å². The zero-order valence-corrected chi connectivity index (χ0v) is 7.86. The van der Waals surface area contributed by atoms with Crippen LogP contribution in [0.25, 0.3) is 0 Å². The third-order valence-electron chi connectivity index (χ3n) is 2.40. The summed E-state index contributed by atoms with van der Waals surface area (Å²) in [4.78, 5) is 2.44. The van der Waals surface area contributed by atoms with Crippen LogP contribution in [0.5, 0.6) is 0 Å². The molecule has 1 N–H and O–H groups in total. The van der Waals surface area contributed by atoms with Crippen LogP contribution in [0.15, 0.2) is 0 Å². The number of nitrogens with one attached hydrogen (secondary N) is 1. The van der Waals surface area contributed by atoms with Gasteiger partial charge in [0.1, 0.15) is 6.44 Å². The highest BCUT2D eigenvalue weighted by Gasteiger charge is 2.27. The molecular formula is C7H14BF4N2+. The molecule has 14 heavy (non-hydrogen) atoms. The van der Waals surface area contributed by atoms with Crippen LogP contribution in [0.3, 0.4) is 0 Å². The molecule has 82 valence electrons. The fraction of sp³-hybridized carbons (Fsp3) is 1.00. The van der Waals surface area contributed by atoms with E-state index in [1.807, 2.05) is 0 Å². The van der Waals surface area contributed by atoms with Gasteiger partial charge in [-0.1, -0.05) is 0 Å².